The fourth-order valence-electron chi connectivity index (χ4n) is 3.22. The van der Waals surface area contributed by atoms with Gasteiger partial charge < -0.3 is 16.4 Å². The van der Waals surface area contributed by atoms with E-state index in [1.807, 2.05) is 6.07 Å². The molecule has 1 saturated carbocycles. The molecule has 0 heterocycles. The Bertz CT molecular complexity index is 468. The Kier molecular flexibility index (Phi) is 4.82. The summed E-state index contributed by atoms with van der Waals surface area (Å²) in [6, 6.07) is 6.82. The molecule has 0 radical (unpaired) electrons. The van der Waals surface area contributed by atoms with Gasteiger partial charge in [-0.05, 0) is 83.1 Å². The third kappa shape index (κ3) is 4.13. The number of nitrogen functional groups attached to an aromatic ring is 1. The Balaban J connectivity index is 2.17. The number of rotatable bonds is 3. The van der Waals surface area contributed by atoms with Crippen LogP contribution in [0.5, 0.6) is 0 Å². The van der Waals surface area contributed by atoms with E-state index in [1.54, 1.807) is 0 Å². The van der Waals surface area contributed by atoms with Crippen LogP contribution in [-0.4, -0.2) is 18.1 Å². The van der Waals surface area contributed by atoms with Crippen molar-refractivity contribution in [3.05, 3.63) is 23.8 Å². The van der Waals surface area contributed by atoms with Crippen LogP contribution in [0.15, 0.2) is 18.2 Å². The number of aryl methyl sites for hydroxylation is 1. The molecule has 1 aromatic rings. The van der Waals surface area contributed by atoms with Crippen molar-refractivity contribution < 1.29 is 0 Å². The summed E-state index contributed by atoms with van der Waals surface area (Å²) in [6.07, 6.45) is 4.84. The van der Waals surface area contributed by atoms with Crippen molar-refractivity contribution in [2.24, 2.45) is 11.7 Å². The highest BCUT2D eigenvalue weighted by molar-refractivity contribution is 5.59. The molecule has 1 aliphatic rings. The average Bonchev–Trinajstić information content (AvgIpc) is 2.40. The lowest BCUT2D eigenvalue weighted by molar-refractivity contribution is 0.311. The lowest BCUT2D eigenvalue weighted by atomic mass is 9.85. The third-order valence-corrected chi connectivity index (χ3v) is 4.71. The lowest BCUT2D eigenvalue weighted by Crippen LogP contribution is -2.45. The fraction of sp³-hybridized carbons (Fsp3) is 0.667. The molecule has 0 spiro atoms. The Labute approximate surface area is 129 Å². The van der Waals surface area contributed by atoms with Crippen LogP contribution in [0.2, 0.25) is 0 Å². The van der Waals surface area contributed by atoms with Crippen molar-refractivity contribution in [2.45, 2.75) is 65.0 Å². The largest absolute Gasteiger partial charge is 0.399 e. The normalized spacial score (nSPS) is 23.1. The molecule has 0 aromatic heterocycles. The molecule has 2 rings (SSSR count). The zero-order valence-corrected chi connectivity index (χ0v) is 14.0. The number of benzene rings is 1. The second kappa shape index (κ2) is 6.27. The summed E-state index contributed by atoms with van der Waals surface area (Å²) in [6.45, 7) is 10.0. The molecule has 0 aliphatic heterocycles. The zero-order valence-electron chi connectivity index (χ0n) is 14.0. The molecule has 0 saturated heterocycles. The Morgan fingerprint density at radius 2 is 1.76 bits per heavy atom. The Hall–Kier alpha value is -1.22. The summed E-state index contributed by atoms with van der Waals surface area (Å²) < 4.78 is 0. The van der Waals surface area contributed by atoms with Crippen molar-refractivity contribution in [3.8, 4) is 0 Å². The maximum atomic E-state index is 6.03. The zero-order chi connectivity index (χ0) is 15.6. The summed E-state index contributed by atoms with van der Waals surface area (Å²) in [5.41, 5.74) is 15.4. The molecule has 21 heavy (non-hydrogen) atoms. The van der Waals surface area contributed by atoms with Gasteiger partial charge in [0, 0.05) is 29.5 Å². The molecule has 1 fully saturated rings. The van der Waals surface area contributed by atoms with E-state index < -0.39 is 0 Å². The number of nitrogens with zero attached hydrogens (tertiary/aromatic N) is 1. The average molecular weight is 289 g/mol. The molecule has 0 atom stereocenters. The van der Waals surface area contributed by atoms with E-state index in [4.69, 9.17) is 11.5 Å². The highest BCUT2D eigenvalue weighted by Crippen LogP contribution is 2.31. The molecule has 0 bridgehead atoms. The van der Waals surface area contributed by atoms with Crippen molar-refractivity contribution in [3.63, 3.8) is 0 Å². The Morgan fingerprint density at radius 1 is 1.14 bits per heavy atom. The number of hydrogen-bond acceptors (Lipinski definition) is 3. The number of anilines is 2. The van der Waals surface area contributed by atoms with Gasteiger partial charge in [-0.1, -0.05) is 0 Å². The first-order chi connectivity index (χ1) is 9.77. The molecule has 3 nitrogen and oxygen atoms in total. The molecule has 1 aromatic carbocycles. The summed E-state index contributed by atoms with van der Waals surface area (Å²) in [5, 5.41) is 0. The summed E-state index contributed by atoms with van der Waals surface area (Å²) in [4.78, 5) is 2.53. The predicted molar refractivity (Wildman–Crippen MR) is 92.6 cm³/mol. The van der Waals surface area contributed by atoms with E-state index in [-0.39, 0.29) is 5.54 Å². The highest BCUT2D eigenvalue weighted by atomic mass is 15.2. The van der Waals surface area contributed by atoms with E-state index in [9.17, 15) is 0 Å². The summed E-state index contributed by atoms with van der Waals surface area (Å²) in [7, 11) is 0. The minimum Gasteiger partial charge on any atom is -0.399 e. The van der Waals surface area contributed by atoms with Gasteiger partial charge in [-0.25, -0.2) is 0 Å². The van der Waals surface area contributed by atoms with Crippen LogP contribution in [0, 0.1) is 12.8 Å². The van der Waals surface area contributed by atoms with Gasteiger partial charge in [0.1, 0.15) is 0 Å². The quantitative estimate of drug-likeness (QED) is 0.834. The molecule has 3 heteroatoms. The van der Waals surface area contributed by atoms with Gasteiger partial charge in [-0.2, -0.15) is 0 Å². The van der Waals surface area contributed by atoms with Gasteiger partial charge >= 0.3 is 0 Å². The van der Waals surface area contributed by atoms with Crippen LogP contribution in [0.3, 0.4) is 0 Å². The monoisotopic (exact) mass is 289 g/mol. The topological polar surface area (TPSA) is 55.3 Å². The molecule has 0 amide bonds. The van der Waals surface area contributed by atoms with Crippen LogP contribution in [0.1, 0.15) is 52.0 Å². The maximum Gasteiger partial charge on any atom is 0.0374 e. The Morgan fingerprint density at radius 3 is 2.29 bits per heavy atom. The van der Waals surface area contributed by atoms with Gasteiger partial charge in [0.15, 0.2) is 0 Å². The number of hydrogen-bond donors (Lipinski definition) is 2. The van der Waals surface area contributed by atoms with Crippen molar-refractivity contribution >= 4 is 11.4 Å². The van der Waals surface area contributed by atoms with Crippen molar-refractivity contribution in [2.75, 3.05) is 17.2 Å². The van der Waals surface area contributed by atoms with Gasteiger partial charge in [-0.15, -0.1) is 0 Å². The first-order valence-corrected chi connectivity index (χ1v) is 8.16. The van der Waals surface area contributed by atoms with Crippen LogP contribution >= 0.6 is 0 Å². The van der Waals surface area contributed by atoms with E-state index in [2.05, 4.69) is 44.7 Å². The second-order valence-corrected chi connectivity index (χ2v) is 7.60. The van der Waals surface area contributed by atoms with Crippen LogP contribution in [0.4, 0.5) is 11.4 Å². The van der Waals surface area contributed by atoms with Crippen LogP contribution in [0.25, 0.3) is 0 Å². The molecular formula is C18H31N3. The number of nitrogens with two attached hydrogens (primary N) is 2. The molecule has 1 aliphatic carbocycles. The van der Waals surface area contributed by atoms with Gasteiger partial charge in [0.05, 0.1) is 0 Å². The van der Waals surface area contributed by atoms with Gasteiger partial charge in [0.2, 0.25) is 0 Å². The lowest BCUT2D eigenvalue weighted by Gasteiger charge is -2.41. The smallest absolute Gasteiger partial charge is 0.0374 e. The van der Waals surface area contributed by atoms with Crippen LogP contribution in [-0.2, 0) is 0 Å². The summed E-state index contributed by atoms with van der Waals surface area (Å²) in [5.74, 6) is 0.752. The van der Waals surface area contributed by atoms with Crippen LogP contribution < -0.4 is 16.4 Å². The first kappa shape index (κ1) is 16.2. The van der Waals surface area contributed by atoms with E-state index in [0.29, 0.717) is 6.04 Å². The fourth-order valence-corrected chi connectivity index (χ4v) is 3.22. The van der Waals surface area contributed by atoms with Crippen molar-refractivity contribution in [1.29, 1.82) is 0 Å². The van der Waals surface area contributed by atoms with Crippen molar-refractivity contribution in [1.82, 2.24) is 0 Å². The molecule has 0 unspecified atom stereocenters. The van der Waals surface area contributed by atoms with E-state index in [1.165, 1.54) is 31.4 Å². The van der Waals surface area contributed by atoms with Gasteiger partial charge in [0.25, 0.3) is 0 Å². The predicted octanol–water partition coefficient (Wildman–Crippen LogP) is 3.70. The standard InChI is InChI=1S/C18H31N3/c1-13-11-16(9-10-17(13)20)21(18(2,3)4)12-14-5-7-15(19)8-6-14/h9-11,14-15H,5-8,12,19-20H2,1-4H3. The molecule has 118 valence electrons. The SMILES string of the molecule is Cc1cc(N(CC2CCC(N)CC2)C(C)(C)C)ccc1N. The summed E-state index contributed by atoms with van der Waals surface area (Å²) >= 11 is 0. The first-order valence-electron chi connectivity index (χ1n) is 8.16. The molecule has 4 N–H and O–H groups in total. The highest BCUT2D eigenvalue weighted by Gasteiger charge is 2.27. The van der Waals surface area contributed by atoms with E-state index >= 15 is 0 Å². The minimum absolute atomic E-state index is 0.113. The minimum atomic E-state index is 0.113. The molecular weight excluding hydrogens is 258 g/mol. The third-order valence-electron chi connectivity index (χ3n) is 4.71. The van der Waals surface area contributed by atoms with Gasteiger partial charge in [-0.3, -0.25) is 0 Å². The van der Waals surface area contributed by atoms with E-state index in [0.717, 1.165) is 23.7 Å². The maximum absolute atomic E-state index is 6.03. The second-order valence-electron chi connectivity index (χ2n) is 7.60.